The Morgan fingerprint density at radius 3 is 2.61 bits per heavy atom. The molecular weight excluding hydrogens is 250 g/mol. The van der Waals surface area contributed by atoms with E-state index in [4.69, 9.17) is 0 Å². The first-order chi connectivity index (χ1) is 8.63. The Morgan fingerprint density at radius 1 is 1.28 bits per heavy atom. The summed E-state index contributed by atoms with van der Waals surface area (Å²) in [5, 5.41) is 3.43. The Kier molecular flexibility index (Phi) is 5.00. The Labute approximate surface area is 110 Å². The van der Waals surface area contributed by atoms with Crippen molar-refractivity contribution in [2.45, 2.75) is 57.5 Å². The molecule has 6 heteroatoms. The highest BCUT2D eigenvalue weighted by Crippen LogP contribution is 2.29. The van der Waals surface area contributed by atoms with Crippen molar-refractivity contribution in [1.29, 1.82) is 0 Å². The summed E-state index contributed by atoms with van der Waals surface area (Å²) >= 11 is 0. The summed E-state index contributed by atoms with van der Waals surface area (Å²) in [6, 6.07) is 0.570. The summed E-state index contributed by atoms with van der Waals surface area (Å²) in [6.07, 6.45) is 6.37. The van der Waals surface area contributed by atoms with E-state index in [1.165, 1.54) is 12.8 Å². The average Bonchev–Trinajstić information content (AvgIpc) is 3.19. The molecule has 1 atom stereocenters. The zero-order valence-corrected chi connectivity index (χ0v) is 12.0. The predicted molar refractivity (Wildman–Crippen MR) is 72.6 cm³/mol. The maximum atomic E-state index is 12.2. The van der Waals surface area contributed by atoms with Gasteiger partial charge in [-0.3, -0.25) is 0 Å². The summed E-state index contributed by atoms with van der Waals surface area (Å²) in [6.45, 7) is 4.16. The second-order valence-electron chi connectivity index (χ2n) is 5.35. The Bertz CT molecular complexity index is 348. The number of rotatable bonds is 7. The minimum absolute atomic E-state index is 0.239. The van der Waals surface area contributed by atoms with Crippen molar-refractivity contribution in [1.82, 2.24) is 14.3 Å². The standard InChI is InChI=1S/C12H25N3O2S/c1-2-8-14-18(16,17)15(12-6-7-12)10-11-5-3-4-9-13-11/h11-14H,2-10H2,1H3. The van der Waals surface area contributed by atoms with E-state index in [1.807, 2.05) is 6.92 Å². The van der Waals surface area contributed by atoms with Gasteiger partial charge in [0.15, 0.2) is 0 Å². The van der Waals surface area contributed by atoms with E-state index in [1.54, 1.807) is 4.31 Å². The van der Waals surface area contributed by atoms with Gasteiger partial charge in [-0.25, -0.2) is 4.72 Å². The van der Waals surface area contributed by atoms with Crippen LogP contribution in [0.15, 0.2) is 0 Å². The topological polar surface area (TPSA) is 61.4 Å². The van der Waals surface area contributed by atoms with E-state index < -0.39 is 10.2 Å². The molecule has 18 heavy (non-hydrogen) atoms. The van der Waals surface area contributed by atoms with Gasteiger partial charge in [-0.1, -0.05) is 13.3 Å². The van der Waals surface area contributed by atoms with Crippen LogP contribution in [0.25, 0.3) is 0 Å². The fourth-order valence-electron chi connectivity index (χ4n) is 2.42. The van der Waals surface area contributed by atoms with E-state index in [2.05, 4.69) is 10.0 Å². The van der Waals surface area contributed by atoms with Gasteiger partial charge in [-0.2, -0.15) is 12.7 Å². The molecule has 0 aromatic rings. The van der Waals surface area contributed by atoms with Crippen molar-refractivity contribution in [3.8, 4) is 0 Å². The van der Waals surface area contributed by atoms with Gasteiger partial charge in [-0.15, -0.1) is 0 Å². The summed E-state index contributed by atoms with van der Waals surface area (Å²) in [4.78, 5) is 0. The van der Waals surface area contributed by atoms with Crippen LogP contribution in [-0.2, 0) is 10.2 Å². The molecule has 0 radical (unpaired) electrons. The lowest BCUT2D eigenvalue weighted by Gasteiger charge is -2.30. The molecule has 2 aliphatic rings. The first-order valence-electron chi connectivity index (χ1n) is 7.13. The lowest BCUT2D eigenvalue weighted by atomic mass is 10.1. The maximum Gasteiger partial charge on any atom is 0.279 e. The normalized spacial score (nSPS) is 25.6. The lowest BCUT2D eigenvalue weighted by molar-refractivity contribution is 0.305. The van der Waals surface area contributed by atoms with Crippen molar-refractivity contribution >= 4 is 10.2 Å². The Balaban J connectivity index is 1.94. The molecule has 1 heterocycles. The van der Waals surface area contributed by atoms with E-state index in [0.29, 0.717) is 19.1 Å². The molecule has 1 unspecified atom stereocenters. The van der Waals surface area contributed by atoms with Gasteiger partial charge in [0.2, 0.25) is 0 Å². The molecule has 1 aliphatic heterocycles. The third-order valence-corrected chi connectivity index (χ3v) is 5.24. The van der Waals surface area contributed by atoms with Crippen LogP contribution in [0, 0.1) is 0 Å². The van der Waals surface area contributed by atoms with Crippen molar-refractivity contribution in [3.63, 3.8) is 0 Å². The molecule has 5 nitrogen and oxygen atoms in total. The predicted octanol–water partition coefficient (Wildman–Crippen LogP) is 0.837. The zero-order valence-electron chi connectivity index (χ0n) is 11.2. The molecular formula is C12H25N3O2S. The monoisotopic (exact) mass is 275 g/mol. The van der Waals surface area contributed by atoms with Crippen LogP contribution < -0.4 is 10.0 Å². The summed E-state index contributed by atoms with van der Waals surface area (Å²) in [5.41, 5.74) is 0. The lowest BCUT2D eigenvalue weighted by Crippen LogP contribution is -2.50. The molecule has 1 saturated carbocycles. The van der Waals surface area contributed by atoms with Crippen LogP contribution >= 0.6 is 0 Å². The highest BCUT2D eigenvalue weighted by Gasteiger charge is 2.38. The third-order valence-electron chi connectivity index (χ3n) is 3.61. The second kappa shape index (κ2) is 6.32. The van der Waals surface area contributed by atoms with Crippen molar-refractivity contribution in [3.05, 3.63) is 0 Å². The van der Waals surface area contributed by atoms with Gasteiger partial charge in [-0.05, 0) is 38.6 Å². The van der Waals surface area contributed by atoms with Crippen molar-refractivity contribution < 1.29 is 8.42 Å². The highest BCUT2D eigenvalue weighted by molar-refractivity contribution is 7.87. The minimum Gasteiger partial charge on any atom is -0.313 e. The Morgan fingerprint density at radius 2 is 2.06 bits per heavy atom. The Hall–Kier alpha value is -0.170. The molecule has 2 fully saturated rings. The smallest absolute Gasteiger partial charge is 0.279 e. The van der Waals surface area contributed by atoms with Crippen LogP contribution in [0.1, 0.15) is 45.4 Å². The van der Waals surface area contributed by atoms with Gasteiger partial charge in [0.1, 0.15) is 0 Å². The van der Waals surface area contributed by atoms with Gasteiger partial charge in [0.25, 0.3) is 10.2 Å². The molecule has 0 spiro atoms. The van der Waals surface area contributed by atoms with E-state index in [9.17, 15) is 8.42 Å². The van der Waals surface area contributed by atoms with Crippen LogP contribution in [-0.4, -0.2) is 44.4 Å². The van der Waals surface area contributed by atoms with Crippen molar-refractivity contribution in [2.75, 3.05) is 19.6 Å². The molecule has 0 bridgehead atoms. The highest BCUT2D eigenvalue weighted by atomic mass is 32.2. The molecule has 1 aliphatic carbocycles. The number of hydrogen-bond donors (Lipinski definition) is 2. The molecule has 0 aromatic heterocycles. The van der Waals surface area contributed by atoms with E-state index in [0.717, 1.165) is 32.2 Å². The maximum absolute atomic E-state index is 12.2. The molecule has 1 saturated heterocycles. The molecule has 2 N–H and O–H groups in total. The zero-order chi connectivity index (χ0) is 13.0. The van der Waals surface area contributed by atoms with Gasteiger partial charge in [0.05, 0.1) is 0 Å². The average molecular weight is 275 g/mol. The number of hydrogen-bond acceptors (Lipinski definition) is 3. The SMILES string of the molecule is CCCNS(=O)(=O)N(CC1CCCCN1)C1CC1. The first kappa shape index (κ1) is 14.2. The molecule has 106 valence electrons. The molecule has 0 aromatic carbocycles. The van der Waals surface area contributed by atoms with Crippen molar-refractivity contribution in [2.24, 2.45) is 0 Å². The third kappa shape index (κ3) is 3.91. The van der Waals surface area contributed by atoms with Gasteiger partial charge in [0, 0.05) is 25.2 Å². The number of nitrogens with zero attached hydrogens (tertiary/aromatic N) is 1. The van der Waals surface area contributed by atoms with Crippen LogP contribution in [0.3, 0.4) is 0 Å². The fraction of sp³-hybridized carbons (Fsp3) is 1.00. The fourth-order valence-corrected chi connectivity index (χ4v) is 4.02. The van der Waals surface area contributed by atoms with Crippen LogP contribution in [0.4, 0.5) is 0 Å². The second-order valence-corrected chi connectivity index (χ2v) is 7.05. The molecule has 2 rings (SSSR count). The van der Waals surface area contributed by atoms with Crippen LogP contribution in [0.2, 0.25) is 0 Å². The first-order valence-corrected chi connectivity index (χ1v) is 8.57. The summed E-state index contributed by atoms with van der Waals surface area (Å²) in [5.74, 6) is 0. The van der Waals surface area contributed by atoms with Crippen LogP contribution in [0.5, 0.6) is 0 Å². The largest absolute Gasteiger partial charge is 0.313 e. The van der Waals surface area contributed by atoms with Gasteiger partial charge < -0.3 is 5.32 Å². The van der Waals surface area contributed by atoms with E-state index >= 15 is 0 Å². The quantitative estimate of drug-likeness (QED) is 0.724. The minimum atomic E-state index is -3.28. The van der Waals surface area contributed by atoms with Gasteiger partial charge >= 0.3 is 0 Å². The number of nitrogens with one attached hydrogen (secondary N) is 2. The summed E-state index contributed by atoms with van der Waals surface area (Å²) < 4.78 is 28.8. The number of piperidine rings is 1. The molecule has 0 amide bonds. The summed E-state index contributed by atoms with van der Waals surface area (Å²) in [7, 11) is -3.28. The van der Waals surface area contributed by atoms with E-state index in [-0.39, 0.29) is 6.04 Å².